The van der Waals surface area contributed by atoms with Gasteiger partial charge in [0.15, 0.2) is 0 Å². The maximum Gasteiger partial charge on any atom is 0.320 e. The molecule has 0 atom stereocenters. The highest BCUT2D eigenvalue weighted by Gasteiger charge is 2.56. The minimum absolute atomic E-state index is 0.0297. The van der Waals surface area contributed by atoms with Gasteiger partial charge in [0.2, 0.25) is 0 Å². The smallest absolute Gasteiger partial charge is 0.318 e. The van der Waals surface area contributed by atoms with Crippen LogP contribution in [0, 0.1) is 11.8 Å². The Morgan fingerprint density at radius 2 is 0.970 bits per heavy atom. The van der Waals surface area contributed by atoms with Crippen LogP contribution >= 0.6 is 27.7 Å². The molecule has 0 unspecified atom stereocenters. The van der Waals surface area contributed by atoms with Gasteiger partial charge in [0.1, 0.15) is 0 Å². The molecule has 8 nitrogen and oxygen atoms in total. The van der Waals surface area contributed by atoms with Crippen LogP contribution in [-0.2, 0) is 24.2 Å². The van der Waals surface area contributed by atoms with Crippen molar-refractivity contribution in [1.29, 1.82) is 0 Å². The Labute approximate surface area is 414 Å². The molecule has 0 radical (unpaired) electrons. The third kappa shape index (κ3) is 9.72. The van der Waals surface area contributed by atoms with Crippen LogP contribution in [0.4, 0.5) is 9.59 Å². The van der Waals surface area contributed by atoms with Gasteiger partial charge in [0.05, 0.1) is 11.1 Å². The van der Waals surface area contributed by atoms with Gasteiger partial charge in [-0.05, 0) is 170 Å². The summed E-state index contributed by atoms with van der Waals surface area (Å²) in [5, 5.41) is 0. The summed E-state index contributed by atoms with van der Waals surface area (Å²) in [7, 11) is 8.89. The summed E-state index contributed by atoms with van der Waals surface area (Å²) in [6.45, 7) is 5.00. The highest BCUT2D eigenvalue weighted by atomic mass is 79.9. The van der Waals surface area contributed by atoms with Crippen molar-refractivity contribution in [3.8, 4) is 0 Å². The average Bonchev–Trinajstić information content (AvgIpc) is 3.70. The topological polar surface area (TPSA) is 53.6 Å². The molecule has 6 fully saturated rings. The molecule has 358 valence electrons. The lowest BCUT2D eigenvalue weighted by Crippen LogP contribution is -2.56. The molecule has 6 aliphatic rings. The molecular formula is C57H75BrN6O2S. The molecule has 4 aromatic carbocycles. The Kier molecular flexibility index (Phi) is 14.6. The van der Waals surface area contributed by atoms with E-state index in [1.54, 1.807) is 11.8 Å². The molecule has 0 aromatic heterocycles. The van der Waals surface area contributed by atoms with Crippen LogP contribution in [0.2, 0.25) is 0 Å². The fourth-order valence-electron chi connectivity index (χ4n) is 12.9. The van der Waals surface area contributed by atoms with Crippen LogP contribution in [0.25, 0.3) is 0 Å². The monoisotopic (exact) mass is 986 g/mol. The lowest BCUT2D eigenvalue weighted by molar-refractivity contribution is 0.0158. The average molecular weight is 988 g/mol. The summed E-state index contributed by atoms with van der Waals surface area (Å²) < 4.78 is 1.07. The number of halogens is 1. The number of rotatable bonds is 13. The Morgan fingerprint density at radius 1 is 0.552 bits per heavy atom. The van der Waals surface area contributed by atoms with Crippen LogP contribution in [0.1, 0.15) is 112 Å². The number of hydrogen-bond donors (Lipinski definition) is 0. The summed E-state index contributed by atoms with van der Waals surface area (Å²) in [5.74, 6) is 1.38. The van der Waals surface area contributed by atoms with E-state index < -0.39 is 0 Å². The second kappa shape index (κ2) is 20.3. The molecule has 2 heterocycles. The highest BCUT2D eigenvalue weighted by Crippen LogP contribution is 2.52. The normalized spacial score (nSPS) is 27.8. The van der Waals surface area contributed by atoms with Crippen molar-refractivity contribution in [1.82, 2.24) is 29.4 Å². The number of urea groups is 2. The third-order valence-corrected chi connectivity index (χ3v) is 18.8. The van der Waals surface area contributed by atoms with Gasteiger partial charge in [-0.25, -0.2) is 9.59 Å². The standard InChI is InChI=1S/C29H39N3OS.C28H36BrN3O/c1-30(2)29(25-12-5-4-6-13-25)17-15-28(16-18-29)22-31(20-24-11-8-14-26(19-24)34-3)27(33)32(28)21-23-9-7-10-23;1-30(2)28(24-11-4-3-5-12-24)16-14-27(15-17-28)21-31(19-23-10-7-13-25(29)18-23)26(33)32(27)20-22-8-6-9-22/h4-6,8,11-14,19,23H,7,9-10,15-18,20-22H2,1-3H3;3-5,7,10-13,18,22H,6,8-9,14-17,19-21H2,1-2H3. The fourth-order valence-corrected chi connectivity index (χ4v) is 13.8. The second-order valence-electron chi connectivity index (χ2n) is 21.6. The molecule has 67 heavy (non-hydrogen) atoms. The number of benzene rings is 4. The van der Waals surface area contributed by atoms with Crippen molar-refractivity contribution in [2.45, 2.75) is 130 Å². The van der Waals surface area contributed by atoms with Crippen molar-refractivity contribution in [3.63, 3.8) is 0 Å². The van der Waals surface area contributed by atoms with Crippen LogP contribution in [0.5, 0.6) is 0 Å². The van der Waals surface area contributed by atoms with Crippen LogP contribution in [0.3, 0.4) is 0 Å². The quantitative estimate of drug-likeness (QED) is 0.125. The molecule has 10 heteroatoms. The SMILES string of the molecule is CN(C)C1(c2ccccc2)CCC2(CC1)CN(Cc1cccc(Br)c1)C(=O)N2CC1CCC1.CSc1cccc(CN2CC3(CCC(c4ccccc4)(N(C)C)CC3)N(CC3CCC3)C2=O)c1. The zero-order chi connectivity index (χ0) is 46.8. The van der Waals surface area contributed by atoms with Gasteiger partial charge in [-0.2, -0.15) is 0 Å². The van der Waals surface area contributed by atoms with Gasteiger partial charge in [-0.1, -0.05) is 114 Å². The van der Waals surface area contributed by atoms with Gasteiger partial charge < -0.3 is 19.6 Å². The second-order valence-corrected chi connectivity index (χ2v) is 23.4. The molecule has 4 amide bonds. The predicted octanol–water partition coefficient (Wildman–Crippen LogP) is 12.5. The lowest BCUT2D eigenvalue weighted by atomic mass is 9.68. The Hall–Kier alpha value is -3.83. The molecule has 0 N–H and O–H groups in total. The van der Waals surface area contributed by atoms with Crippen molar-refractivity contribution >= 4 is 39.8 Å². The lowest BCUT2D eigenvalue weighted by Gasteiger charge is -2.51. The first-order chi connectivity index (χ1) is 32.4. The highest BCUT2D eigenvalue weighted by molar-refractivity contribution is 9.10. The molecule has 10 rings (SSSR count). The first-order valence-electron chi connectivity index (χ1n) is 25.3. The minimum atomic E-state index is -0.0347. The van der Waals surface area contributed by atoms with E-state index in [9.17, 15) is 9.59 Å². The van der Waals surface area contributed by atoms with Gasteiger partial charge in [0.25, 0.3) is 0 Å². The molecule has 4 saturated carbocycles. The maximum atomic E-state index is 13.8. The van der Waals surface area contributed by atoms with E-state index in [4.69, 9.17) is 0 Å². The molecule has 2 aliphatic heterocycles. The Balaban J connectivity index is 0.000000168. The van der Waals surface area contributed by atoms with Crippen LogP contribution < -0.4 is 0 Å². The number of amides is 4. The number of thioether (sulfide) groups is 1. The van der Waals surface area contributed by atoms with Gasteiger partial charge in [-0.3, -0.25) is 9.80 Å². The van der Waals surface area contributed by atoms with E-state index >= 15 is 0 Å². The van der Waals surface area contributed by atoms with Gasteiger partial charge >= 0.3 is 12.1 Å². The molecular weight excluding hydrogens is 913 g/mol. The Bertz CT molecular complexity index is 2300. The molecule has 2 spiro atoms. The Morgan fingerprint density at radius 3 is 1.34 bits per heavy atom. The van der Waals surface area contributed by atoms with E-state index in [2.05, 4.69) is 183 Å². The summed E-state index contributed by atoms with van der Waals surface area (Å²) >= 11 is 5.35. The first kappa shape index (κ1) is 48.2. The fraction of sp³-hybridized carbons (Fsp3) is 0.544. The van der Waals surface area contributed by atoms with Crippen molar-refractivity contribution in [3.05, 3.63) is 136 Å². The van der Waals surface area contributed by atoms with E-state index in [1.807, 2.05) is 6.07 Å². The summed E-state index contributed by atoms with van der Waals surface area (Å²) in [4.78, 5) is 42.5. The van der Waals surface area contributed by atoms with Gasteiger partial charge in [0, 0.05) is 59.7 Å². The summed E-state index contributed by atoms with van der Waals surface area (Å²) in [6.07, 6.45) is 18.5. The molecule has 4 aliphatic carbocycles. The largest absolute Gasteiger partial charge is 0.320 e. The molecule has 4 aromatic rings. The van der Waals surface area contributed by atoms with Crippen LogP contribution in [-0.4, -0.2) is 113 Å². The van der Waals surface area contributed by atoms with Gasteiger partial charge in [-0.15, -0.1) is 11.8 Å². The third-order valence-electron chi connectivity index (χ3n) is 17.6. The zero-order valence-corrected chi connectivity index (χ0v) is 43.4. The number of carbonyl (C=O) groups excluding carboxylic acids is 2. The molecule has 2 saturated heterocycles. The maximum absolute atomic E-state index is 13.8. The van der Waals surface area contributed by atoms with Crippen LogP contribution in [0.15, 0.2) is 119 Å². The predicted molar refractivity (Wildman–Crippen MR) is 278 cm³/mol. The van der Waals surface area contributed by atoms with Crippen molar-refractivity contribution < 1.29 is 9.59 Å². The summed E-state index contributed by atoms with van der Waals surface area (Å²) in [6, 6.07) is 39.6. The van der Waals surface area contributed by atoms with Crippen molar-refractivity contribution in [2.24, 2.45) is 11.8 Å². The first-order valence-corrected chi connectivity index (χ1v) is 27.4. The number of carbonyl (C=O) groups is 2. The zero-order valence-electron chi connectivity index (χ0n) is 41.0. The minimum Gasteiger partial charge on any atom is -0.318 e. The van der Waals surface area contributed by atoms with E-state index in [-0.39, 0.29) is 34.2 Å². The number of hydrogen-bond acceptors (Lipinski definition) is 5. The van der Waals surface area contributed by atoms with Crippen molar-refractivity contribution in [2.75, 3.05) is 60.6 Å². The van der Waals surface area contributed by atoms with E-state index in [0.717, 1.165) is 82.0 Å². The van der Waals surface area contributed by atoms with E-state index in [0.29, 0.717) is 24.9 Å². The number of nitrogens with zero attached hydrogens (tertiary/aromatic N) is 6. The molecule has 0 bridgehead atoms. The van der Waals surface area contributed by atoms with E-state index in [1.165, 1.54) is 65.7 Å². The summed E-state index contributed by atoms with van der Waals surface area (Å²) in [5.41, 5.74) is 5.30.